The van der Waals surface area contributed by atoms with Crippen molar-refractivity contribution in [1.29, 1.82) is 0 Å². The van der Waals surface area contributed by atoms with Crippen molar-refractivity contribution in [1.82, 2.24) is 0 Å². The molecule has 76 valence electrons. The van der Waals surface area contributed by atoms with Crippen LogP contribution in [0.5, 0.6) is 0 Å². The second-order valence-electron chi connectivity index (χ2n) is 2.81. The number of carbonyl (C=O) groups excluding carboxylic acids is 1. The molecule has 1 atom stereocenters. The standard InChI is InChI=1S/C7H13NO4S/c1-3-6(9)7(2,4-5-8)13(10,11)12/h3H,1,4-5,8H2,2H3,(H,10,11,12). The van der Waals surface area contributed by atoms with Crippen LogP contribution < -0.4 is 5.73 Å². The Hall–Kier alpha value is -0.720. The van der Waals surface area contributed by atoms with E-state index in [-0.39, 0.29) is 13.0 Å². The van der Waals surface area contributed by atoms with Gasteiger partial charge in [0.1, 0.15) is 0 Å². The largest absolute Gasteiger partial charge is 0.330 e. The van der Waals surface area contributed by atoms with E-state index in [0.717, 1.165) is 13.0 Å². The molecule has 0 aliphatic rings. The molecule has 0 saturated carbocycles. The van der Waals surface area contributed by atoms with Gasteiger partial charge in [-0.1, -0.05) is 6.58 Å². The minimum absolute atomic E-state index is 0.00410. The Labute approximate surface area is 77.4 Å². The van der Waals surface area contributed by atoms with Crippen molar-refractivity contribution in [2.45, 2.75) is 18.1 Å². The summed E-state index contributed by atoms with van der Waals surface area (Å²) in [6.07, 6.45) is 0.736. The Bertz CT molecular complexity index is 308. The second-order valence-corrected chi connectivity index (χ2v) is 4.66. The third-order valence-corrected chi connectivity index (χ3v) is 3.44. The third kappa shape index (κ3) is 2.36. The average Bonchev–Trinajstić information content (AvgIpc) is 2.01. The molecule has 0 rings (SSSR count). The van der Waals surface area contributed by atoms with Crippen LogP contribution >= 0.6 is 0 Å². The topological polar surface area (TPSA) is 97.5 Å². The minimum atomic E-state index is -4.44. The first-order valence-electron chi connectivity index (χ1n) is 3.63. The summed E-state index contributed by atoms with van der Waals surface area (Å²) in [7, 11) is -4.44. The van der Waals surface area contributed by atoms with Gasteiger partial charge in [-0.2, -0.15) is 8.42 Å². The van der Waals surface area contributed by atoms with Gasteiger partial charge in [-0.15, -0.1) is 0 Å². The van der Waals surface area contributed by atoms with Crippen LogP contribution in [-0.2, 0) is 14.9 Å². The lowest BCUT2D eigenvalue weighted by atomic mass is 10.0. The van der Waals surface area contributed by atoms with E-state index < -0.39 is 20.6 Å². The summed E-state index contributed by atoms with van der Waals surface area (Å²) in [5, 5.41) is 0. The van der Waals surface area contributed by atoms with Crippen LogP contribution in [0, 0.1) is 0 Å². The van der Waals surface area contributed by atoms with Crippen molar-refractivity contribution in [2.75, 3.05) is 6.54 Å². The van der Waals surface area contributed by atoms with E-state index in [0.29, 0.717) is 0 Å². The molecule has 0 spiro atoms. The number of hydrogen-bond acceptors (Lipinski definition) is 4. The van der Waals surface area contributed by atoms with Crippen LogP contribution in [0.1, 0.15) is 13.3 Å². The van der Waals surface area contributed by atoms with Crippen molar-refractivity contribution >= 4 is 15.9 Å². The first kappa shape index (κ1) is 12.3. The second kappa shape index (κ2) is 3.99. The molecule has 0 radical (unpaired) electrons. The van der Waals surface area contributed by atoms with Gasteiger partial charge in [0.05, 0.1) is 0 Å². The van der Waals surface area contributed by atoms with Crippen molar-refractivity contribution in [3.8, 4) is 0 Å². The Morgan fingerprint density at radius 1 is 1.69 bits per heavy atom. The number of hydrogen-bond donors (Lipinski definition) is 2. The number of carbonyl (C=O) groups is 1. The van der Waals surface area contributed by atoms with Gasteiger partial charge in [-0.05, 0) is 26.0 Å². The molecule has 5 nitrogen and oxygen atoms in total. The van der Waals surface area contributed by atoms with E-state index in [9.17, 15) is 13.2 Å². The summed E-state index contributed by atoms with van der Waals surface area (Å²) < 4.78 is 28.7. The Morgan fingerprint density at radius 3 is 2.38 bits per heavy atom. The minimum Gasteiger partial charge on any atom is -0.330 e. The molecule has 3 N–H and O–H groups in total. The lowest BCUT2D eigenvalue weighted by Gasteiger charge is -2.21. The molecule has 0 aromatic heterocycles. The van der Waals surface area contributed by atoms with Crippen LogP contribution in [-0.4, -0.2) is 30.0 Å². The maximum Gasteiger partial charge on any atom is 0.278 e. The lowest BCUT2D eigenvalue weighted by Crippen LogP contribution is -2.44. The van der Waals surface area contributed by atoms with Gasteiger partial charge in [0, 0.05) is 0 Å². The number of ketones is 1. The fourth-order valence-corrected chi connectivity index (χ4v) is 1.58. The quantitative estimate of drug-likeness (QED) is 0.478. The highest BCUT2D eigenvalue weighted by Gasteiger charge is 2.42. The zero-order valence-corrected chi connectivity index (χ0v) is 8.17. The Kier molecular flexibility index (Phi) is 3.77. The van der Waals surface area contributed by atoms with Crippen LogP contribution in [0.4, 0.5) is 0 Å². The molecular weight excluding hydrogens is 194 g/mol. The van der Waals surface area contributed by atoms with Crippen molar-refractivity contribution < 1.29 is 17.8 Å². The summed E-state index contributed by atoms with van der Waals surface area (Å²) in [6, 6.07) is 0. The first-order valence-corrected chi connectivity index (χ1v) is 5.07. The van der Waals surface area contributed by atoms with Gasteiger partial charge in [0.25, 0.3) is 10.1 Å². The first-order chi connectivity index (χ1) is 5.79. The molecule has 1 unspecified atom stereocenters. The van der Waals surface area contributed by atoms with Gasteiger partial charge in [-0.3, -0.25) is 9.35 Å². The van der Waals surface area contributed by atoms with E-state index in [2.05, 4.69) is 6.58 Å². The summed E-state index contributed by atoms with van der Waals surface area (Å²) in [5.41, 5.74) is 5.14. The zero-order valence-electron chi connectivity index (χ0n) is 7.36. The summed E-state index contributed by atoms with van der Waals surface area (Å²) >= 11 is 0. The smallest absolute Gasteiger partial charge is 0.278 e. The van der Waals surface area contributed by atoms with Gasteiger partial charge in [-0.25, -0.2) is 0 Å². The van der Waals surface area contributed by atoms with Gasteiger partial charge in [0.15, 0.2) is 10.5 Å². The van der Waals surface area contributed by atoms with Crippen molar-refractivity contribution in [3.05, 3.63) is 12.7 Å². The lowest BCUT2D eigenvalue weighted by molar-refractivity contribution is -0.116. The zero-order chi connectivity index (χ0) is 10.7. The molecule has 0 heterocycles. The van der Waals surface area contributed by atoms with E-state index in [4.69, 9.17) is 10.3 Å². The Morgan fingerprint density at radius 2 is 2.15 bits per heavy atom. The maximum atomic E-state index is 11.2. The van der Waals surface area contributed by atoms with E-state index in [1.54, 1.807) is 0 Å². The molecule has 0 aromatic carbocycles. The van der Waals surface area contributed by atoms with Gasteiger partial charge >= 0.3 is 0 Å². The predicted octanol–water partition coefficient (Wildman–Crippen LogP) is -0.263. The monoisotopic (exact) mass is 207 g/mol. The van der Waals surface area contributed by atoms with Crippen LogP contribution in [0.2, 0.25) is 0 Å². The van der Waals surface area contributed by atoms with E-state index in [1.165, 1.54) is 0 Å². The molecule has 0 aliphatic carbocycles. The van der Waals surface area contributed by atoms with Crippen LogP contribution in [0.25, 0.3) is 0 Å². The van der Waals surface area contributed by atoms with E-state index >= 15 is 0 Å². The maximum absolute atomic E-state index is 11.2. The SMILES string of the molecule is C=CC(=O)C(C)(CCN)S(=O)(=O)O. The summed E-state index contributed by atoms with van der Waals surface area (Å²) in [4.78, 5) is 11.2. The Balaban J connectivity index is 5.19. The molecule has 0 aliphatic heterocycles. The predicted molar refractivity (Wildman–Crippen MR) is 48.8 cm³/mol. The van der Waals surface area contributed by atoms with E-state index in [1.807, 2.05) is 0 Å². The fraction of sp³-hybridized carbons (Fsp3) is 0.571. The number of rotatable bonds is 5. The summed E-state index contributed by atoms with van der Waals surface area (Å²) in [6.45, 7) is 4.28. The molecule has 0 fully saturated rings. The average molecular weight is 207 g/mol. The third-order valence-electron chi connectivity index (χ3n) is 1.90. The number of allylic oxidation sites excluding steroid dienone is 1. The molecule has 0 saturated heterocycles. The normalized spacial score (nSPS) is 16.2. The van der Waals surface area contributed by atoms with Gasteiger partial charge < -0.3 is 5.73 Å². The van der Waals surface area contributed by atoms with Crippen LogP contribution in [0.15, 0.2) is 12.7 Å². The van der Waals surface area contributed by atoms with Crippen molar-refractivity contribution in [2.24, 2.45) is 5.73 Å². The van der Waals surface area contributed by atoms with Crippen molar-refractivity contribution in [3.63, 3.8) is 0 Å². The fourth-order valence-electron chi connectivity index (χ4n) is 0.871. The molecular formula is C7H13NO4S. The molecule has 0 amide bonds. The highest BCUT2D eigenvalue weighted by Crippen LogP contribution is 2.21. The highest BCUT2D eigenvalue weighted by atomic mass is 32.2. The van der Waals surface area contributed by atoms with Gasteiger partial charge in [0.2, 0.25) is 0 Å². The molecule has 13 heavy (non-hydrogen) atoms. The van der Waals surface area contributed by atoms with Crippen LogP contribution in [0.3, 0.4) is 0 Å². The number of nitrogens with two attached hydrogens (primary N) is 1. The summed E-state index contributed by atoms with van der Waals surface area (Å²) in [5.74, 6) is -0.750. The molecule has 6 heteroatoms. The molecule has 0 bridgehead atoms. The molecule has 0 aromatic rings. The highest BCUT2D eigenvalue weighted by molar-refractivity contribution is 7.88.